The van der Waals surface area contributed by atoms with E-state index >= 15 is 0 Å². The van der Waals surface area contributed by atoms with Crippen LogP contribution in [0.2, 0.25) is 0 Å². The van der Waals surface area contributed by atoms with E-state index in [0.717, 1.165) is 0 Å². The van der Waals surface area contributed by atoms with Crippen LogP contribution in [-0.2, 0) is 6.54 Å². The molecule has 1 unspecified atom stereocenters. The van der Waals surface area contributed by atoms with Gasteiger partial charge in [0, 0.05) is 18.2 Å². The molecule has 3 nitrogen and oxygen atoms in total. The largest absolute Gasteiger partial charge is 0.394 e. The number of alkyl halides is 3. The highest BCUT2D eigenvalue weighted by Gasteiger charge is 2.52. The molecule has 2 atom stereocenters. The first-order chi connectivity index (χ1) is 9.51. The van der Waals surface area contributed by atoms with Gasteiger partial charge < -0.3 is 11.1 Å². The predicted molar refractivity (Wildman–Crippen MR) is 73.5 cm³/mol. The van der Waals surface area contributed by atoms with Gasteiger partial charge in [-0.25, -0.2) is 0 Å². The number of carbonyl (C=O) groups excluding carboxylic acids is 1. The highest BCUT2D eigenvalue weighted by Crippen LogP contribution is 2.49. The summed E-state index contributed by atoms with van der Waals surface area (Å²) in [5.41, 5.74) is 5.88. The lowest BCUT2D eigenvalue weighted by atomic mass is 9.74. The van der Waals surface area contributed by atoms with Crippen molar-refractivity contribution in [2.45, 2.75) is 39.5 Å². The molecule has 1 aliphatic rings. The zero-order chi connectivity index (χ0) is 16.0. The summed E-state index contributed by atoms with van der Waals surface area (Å²) in [5.74, 6) is -2.09. The van der Waals surface area contributed by atoms with Crippen molar-refractivity contribution in [1.82, 2.24) is 5.32 Å². The maximum atomic E-state index is 13.5. The van der Waals surface area contributed by atoms with Gasteiger partial charge in [-0.3, -0.25) is 4.79 Å². The molecule has 1 amide bonds. The smallest absolute Gasteiger partial charge is 0.366 e. The van der Waals surface area contributed by atoms with Gasteiger partial charge in [0.2, 0.25) is 5.91 Å². The Bertz CT molecular complexity index is 547. The fraction of sp³-hybridized carbons (Fsp3) is 0.533. The quantitative estimate of drug-likeness (QED) is 0.881. The molecule has 1 aromatic carbocycles. The molecule has 0 bridgehead atoms. The lowest BCUT2D eigenvalue weighted by Crippen LogP contribution is -2.42. The van der Waals surface area contributed by atoms with Crippen molar-refractivity contribution in [2.75, 3.05) is 0 Å². The summed E-state index contributed by atoms with van der Waals surface area (Å²) in [6.45, 7) is 5.07. The summed E-state index contributed by atoms with van der Waals surface area (Å²) >= 11 is 0. The second-order valence-electron chi connectivity index (χ2n) is 6.52. The van der Waals surface area contributed by atoms with E-state index in [0.29, 0.717) is 23.2 Å². The van der Waals surface area contributed by atoms with Gasteiger partial charge in [-0.2, -0.15) is 13.2 Å². The van der Waals surface area contributed by atoms with Crippen LogP contribution in [0.25, 0.3) is 0 Å². The zero-order valence-corrected chi connectivity index (χ0v) is 12.2. The Morgan fingerprint density at radius 1 is 1.33 bits per heavy atom. The van der Waals surface area contributed by atoms with Gasteiger partial charge in [-0.15, -0.1) is 0 Å². The fourth-order valence-electron chi connectivity index (χ4n) is 3.02. The molecule has 0 saturated carbocycles. The van der Waals surface area contributed by atoms with Gasteiger partial charge in [0.25, 0.3) is 0 Å². The van der Waals surface area contributed by atoms with Crippen molar-refractivity contribution in [3.63, 3.8) is 0 Å². The van der Waals surface area contributed by atoms with Gasteiger partial charge in [0.15, 0.2) is 0 Å². The third-order valence-electron chi connectivity index (χ3n) is 3.89. The second-order valence-corrected chi connectivity index (χ2v) is 6.52. The summed E-state index contributed by atoms with van der Waals surface area (Å²) in [6, 6.07) is 3.82. The molecule has 1 heterocycles. The average Bonchev–Trinajstić information content (AvgIpc) is 2.68. The Morgan fingerprint density at radius 3 is 2.43 bits per heavy atom. The lowest BCUT2D eigenvalue weighted by Gasteiger charge is -2.37. The monoisotopic (exact) mass is 300 g/mol. The van der Waals surface area contributed by atoms with Crippen LogP contribution in [0.5, 0.6) is 0 Å². The molecule has 2 rings (SSSR count). The Labute approximate surface area is 121 Å². The van der Waals surface area contributed by atoms with E-state index in [9.17, 15) is 18.0 Å². The standard InChI is InChI=1S/C15H19F3N2O/c1-14(2,3)12(15(16,17)18)11-10-5-4-8(13(19)21)6-9(10)7-20-11/h4-6,11-12,20H,7H2,1-3H3,(H2,19,21)/t11?,12-/m0/s1. The number of hydrogen-bond donors (Lipinski definition) is 2. The molecule has 1 aliphatic heterocycles. The summed E-state index contributed by atoms with van der Waals surface area (Å²) in [4.78, 5) is 11.2. The van der Waals surface area contributed by atoms with Crippen molar-refractivity contribution in [3.05, 3.63) is 34.9 Å². The topological polar surface area (TPSA) is 55.1 Å². The van der Waals surface area contributed by atoms with Crippen molar-refractivity contribution in [3.8, 4) is 0 Å². The molecule has 6 heteroatoms. The Morgan fingerprint density at radius 2 is 1.95 bits per heavy atom. The van der Waals surface area contributed by atoms with Crippen LogP contribution in [-0.4, -0.2) is 12.1 Å². The highest BCUT2D eigenvalue weighted by atomic mass is 19.4. The zero-order valence-electron chi connectivity index (χ0n) is 12.2. The minimum Gasteiger partial charge on any atom is -0.366 e. The second kappa shape index (κ2) is 5.02. The molecule has 0 spiro atoms. The number of nitrogens with one attached hydrogen (secondary N) is 1. The third kappa shape index (κ3) is 3.05. The molecular weight excluding hydrogens is 281 g/mol. The van der Waals surface area contributed by atoms with Gasteiger partial charge in [0.1, 0.15) is 0 Å². The lowest BCUT2D eigenvalue weighted by molar-refractivity contribution is -0.209. The van der Waals surface area contributed by atoms with Crippen LogP contribution in [0.1, 0.15) is 48.3 Å². The van der Waals surface area contributed by atoms with E-state index in [1.54, 1.807) is 32.9 Å². The molecule has 0 fully saturated rings. The summed E-state index contributed by atoms with van der Waals surface area (Å²) in [6.07, 6.45) is -4.31. The van der Waals surface area contributed by atoms with E-state index in [1.165, 1.54) is 6.07 Å². The first kappa shape index (κ1) is 15.8. The number of halogens is 3. The van der Waals surface area contributed by atoms with Crippen LogP contribution in [0, 0.1) is 11.3 Å². The predicted octanol–water partition coefficient (Wildman–Crippen LogP) is 3.15. The molecule has 0 aliphatic carbocycles. The minimum atomic E-state index is -4.31. The number of hydrogen-bond acceptors (Lipinski definition) is 2. The van der Waals surface area contributed by atoms with Gasteiger partial charge in [-0.1, -0.05) is 26.8 Å². The van der Waals surface area contributed by atoms with Gasteiger partial charge >= 0.3 is 6.18 Å². The summed E-state index contributed by atoms with van der Waals surface area (Å²) in [5, 5.41) is 2.93. The van der Waals surface area contributed by atoms with Crippen LogP contribution in [0.3, 0.4) is 0 Å². The number of fused-ring (bicyclic) bond motifs is 1. The highest BCUT2D eigenvalue weighted by molar-refractivity contribution is 5.93. The number of benzene rings is 1. The summed E-state index contributed by atoms with van der Waals surface area (Å²) < 4.78 is 40.4. The normalized spacial score (nSPS) is 20.2. The third-order valence-corrected chi connectivity index (χ3v) is 3.89. The van der Waals surface area contributed by atoms with Crippen LogP contribution >= 0.6 is 0 Å². The maximum absolute atomic E-state index is 13.5. The molecule has 116 valence electrons. The van der Waals surface area contributed by atoms with Crippen molar-refractivity contribution >= 4 is 5.91 Å². The van der Waals surface area contributed by atoms with Crippen LogP contribution < -0.4 is 11.1 Å². The van der Waals surface area contributed by atoms with Crippen LogP contribution in [0.4, 0.5) is 13.2 Å². The molecule has 0 radical (unpaired) electrons. The minimum absolute atomic E-state index is 0.309. The van der Waals surface area contributed by atoms with Gasteiger partial charge in [-0.05, 0) is 28.7 Å². The first-order valence-electron chi connectivity index (χ1n) is 6.74. The number of carbonyl (C=O) groups is 1. The van der Waals surface area contributed by atoms with E-state index in [1.807, 2.05) is 0 Å². The molecule has 3 N–H and O–H groups in total. The summed E-state index contributed by atoms with van der Waals surface area (Å²) in [7, 11) is 0. The molecular formula is C15H19F3N2O. The van der Waals surface area contributed by atoms with E-state index in [4.69, 9.17) is 5.73 Å². The molecule has 1 aromatic rings. The van der Waals surface area contributed by atoms with Gasteiger partial charge in [0.05, 0.1) is 5.92 Å². The fourth-order valence-corrected chi connectivity index (χ4v) is 3.02. The SMILES string of the molecule is CC(C)(C)[C@H](C1NCc2cc(C(N)=O)ccc21)C(F)(F)F. The number of nitrogens with two attached hydrogens (primary N) is 1. The molecule has 21 heavy (non-hydrogen) atoms. The Hall–Kier alpha value is -1.56. The van der Waals surface area contributed by atoms with E-state index in [2.05, 4.69) is 5.32 Å². The molecule has 0 aromatic heterocycles. The maximum Gasteiger partial charge on any atom is 0.394 e. The Kier molecular flexibility index (Phi) is 3.78. The first-order valence-corrected chi connectivity index (χ1v) is 6.74. The van der Waals surface area contributed by atoms with E-state index in [-0.39, 0.29) is 0 Å². The number of primary amides is 1. The van der Waals surface area contributed by atoms with Crippen molar-refractivity contribution in [2.24, 2.45) is 17.1 Å². The van der Waals surface area contributed by atoms with Crippen LogP contribution in [0.15, 0.2) is 18.2 Å². The molecule has 0 saturated heterocycles. The number of rotatable bonds is 2. The number of amides is 1. The van der Waals surface area contributed by atoms with Crippen molar-refractivity contribution < 1.29 is 18.0 Å². The average molecular weight is 300 g/mol. The van der Waals surface area contributed by atoms with Crippen molar-refractivity contribution in [1.29, 1.82) is 0 Å². The van der Waals surface area contributed by atoms with E-state index < -0.39 is 29.5 Å². The Balaban J connectivity index is 2.43.